The Morgan fingerprint density at radius 3 is 1.79 bits per heavy atom. The van der Waals surface area contributed by atoms with E-state index in [1.54, 1.807) is 24.3 Å². The molecule has 2 rings (SSSR count). The van der Waals surface area contributed by atoms with Gasteiger partial charge in [-0.05, 0) is 43.4 Å². The molecule has 0 aliphatic heterocycles. The molecule has 0 radical (unpaired) electrons. The number of aliphatic carboxylic acids is 1. The van der Waals surface area contributed by atoms with E-state index in [-0.39, 0.29) is 39.3 Å². The molecule has 2 N–H and O–H groups in total. The van der Waals surface area contributed by atoms with Crippen LogP contribution in [0.1, 0.15) is 77.2 Å². The SMILES string of the molecule is CCCCOC(=O)C1(CNC[C@@H](C(=O)O)c2ccc(Cl)cc2)CC1(C(=O)OCCCC)C(=O)OCCCC. The van der Waals surface area contributed by atoms with E-state index in [4.69, 9.17) is 25.8 Å². The maximum Gasteiger partial charge on any atom is 0.324 e. The number of halogens is 1. The number of esters is 3. The van der Waals surface area contributed by atoms with Crippen molar-refractivity contribution in [3.05, 3.63) is 34.9 Å². The molecule has 0 bridgehead atoms. The Hall–Kier alpha value is -2.65. The van der Waals surface area contributed by atoms with Gasteiger partial charge in [-0.2, -0.15) is 0 Å². The molecule has 1 fully saturated rings. The molecular weight excluding hydrogens is 514 g/mol. The summed E-state index contributed by atoms with van der Waals surface area (Å²) in [7, 11) is 0. The van der Waals surface area contributed by atoms with Crippen LogP contribution in [-0.4, -0.2) is 61.9 Å². The number of hydrogen-bond acceptors (Lipinski definition) is 8. The Balaban J connectivity index is 2.31. The molecule has 0 heterocycles. The molecule has 1 unspecified atom stereocenters. The minimum atomic E-state index is -1.84. The fourth-order valence-electron chi connectivity index (χ4n) is 4.34. The summed E-state index contributed by atoms with van der Waals surface area (Å²) in [5.41, 5.74) is -2.88. The molecule has 0 saturated heterocycles. The highest BCUT2D eigenvalue weighted by Gasteiger charge is 2.83. The van der Waals surface area contributed by atoms with Crippen molar-refractivity contribution in [1.29, 1.82) is 0 Å². The van der Waals surface area contributed by atoms with Gasteiger partial charge in [0, 0.05) is 18.1 Å². The number of hydrogen-bond donors (Lipinski definition) is 2. The number of carbonyl (C=O) groups is 4. The monoisotopic (exact) mass is 553 g/mol. The summed E-state index contributed by atoms with van der Waals surface area (Å²) in [6, 6.07) is 6.44. The first-order valence-electron chi connectivity index (χ1n) is 13.4. The van der Waals surface area contributed by atoms with E-state index in [0.717, 1.165) is 19.3 Å². The van der Waals surface area contributed by atoms with Crippen LogP contribution in [0, 0.1) is 10.8 Å². The van der Waals surface area contributed by atoms with E-state index >= 15 is 0 Å². The van der Waals surface area contributed by atoms with Crippen molar-refractivity contribution in [2.45, 2.75) is 71.6 Å². The maximum atomic E-state index is 13.4. The Kier molecular flexibility index (Phi) is 12.5. The summed E-state index contributed by atoms with van der Waals surface area (Å²) in [6.07, 6.45) is 4.08. The Bertz CT molecular complexity index is 929. The highest BCUT2D eigenvalue weighted by Crippen LogP contribution is 2.65. The van der Waals surface area contributed by atoms with Crippen LogP contribution in [0.5, 0.6) is 0 Å². The fourth-order valence-corrected chi connectivity index (χ4v) is 4.47. The third-order valence-corrected chi connectivity index (χ3v) is 7.14. The third-order valence-electron chi connectivity index (χ3n) is 6.89. The molecule has 9 nitrogen and oxygen atoms in total. The van der Waals surface area contributed by atoms with Gasteiger partial charge in [0.15, 0.2) is 5.41 Å². The van der Waals surface area contributed by atoms with Crippen LogP contribution in [0.25, 0.3) is 0 Å². The number of carbonyl (C=O) groups excluding carboxylic acids is 3. The highest BCUT2D eigenvalue weighted by atomic mass is 35.5. The van der Waals surface area contributed by atoms with E-state index in [0.29, 0.717) is 29.8 Å². The van der Waals surface area contributed by atoms with Gasteiger partial charge >= 0.3 is 23.9 Å². The molecule has 212 valence electrons. The lowest BCUT2D eigenvalue weighted by Crippen LogP contribution is -2.45. The predicted molar refractivity (Wildman–Crippen MR) is 142 cm³/mol. The van der Waals surface area contributed by atoms with Gasteiger partial charge in [-0.3, -0.25) is 19.2 Å². The summed E-state index contributed by atoms with van der Waals surface area (Å²) >= 11 is 5.93. The van der Waals surface area contributed by atoms with E-state index in [1.165, 1.54) is 0 Å². The minimum Gasteiger partial charge on any atom is -0.481 e. The zero-order valence-corrected chi connectivity index (χ0v) is 23.3. The second kappa shape index (κ2) is 15.1. The van der Waals surface area contributed by atoms with Gasteiger partial charge in [0.25, 0.3) is 0 Å². The fraction of sp³-hybridized carbons (Fsp3) is 0.643. The standard InChI is InChI=1S/C28H40ClNO8/c1-4-7-14-36-24(33)27(19-30-17-22(23(31)32)20-10-12-21(29)13-11-20)18-28(27,25(34)37-15-8-5-2)26(35)38-16-9-6-3/h10-13,22,30H,4-9,14-19H2,1-3H3,(H,31,32)/t22-,27?/m1/s1. The molecule has 1 aromatic rings. The summed E-state index contributed by atoms with van der Waals surface area (Å²) in [5.74, 6) is -4.33. The van der Waals surface area contributed by atoms with Gasteiger partial charge in [-0.1, -0.05) is 63.8 Å². The largest absolute Gasteiger partial charge is 0.481 e. The van der Waals surface area contributed by atoms with Crippen molar-refractivity contribution in [3.63, 3.8) is 0 Å². The van der Waals surface area contributed by atoms with Crippen LogP contribution in [0.2, 0.25) is 5.02 Å². The first-order chi connectivity index (χ1) is 18.2. The molecule has 0 amide bonds. The number of ether oxygens (including phenoxy) is 3. The lowest BCUT2D eigenvalue weighted by atomic mass is 9.91. The van der Waals surface area contributed by atoms with Gasteiger partial charge in [0.1, 0.15) is 5.41 Å². The normalized spacial score (nSPS) is 18.3. The van der Waals surface area contributed by atoms with Crippen molar-refractivity contribution in [2.75, 3.05) is 32.9 Å². The highest BCUT2D eigenvalue weighted by molar-refractivity contribution is 6.30. The van der Waals surface area contributed by atoms with E-state index in [2.05, 4.69) is 5.32 Å². The number of rotatable bonds is 18. The Labute approximate surface area is 229 Å². The third kappa shape index (κ3) is 7.47. The Morgan fingerprint density at radius 2 is 1.34 bits per heavy atom. The van der Waals surface area contributed by atoms with Crippen LogP contribution < -0.4 is 5.32 Å². The van der Waals surface area contributed by atoms with Gasteiger partial charge in [-0.25, -0.2) is 0 Å². The summed E-state index contributed by atoms with van der Waals surface area (Å²) in [4.78, 5) is 52.0. The lowest BCUT2D eigenvalue weighted by molar-refractivity contribution is -0.172. The van der Waals surface area contributed by atoms with Crippen LogP contribution in [0.15, 0.2) is 24.3 Å². The summed E-state index contributed by atoms with van der Waals surface area (Å²) in [6.45, 7) is 6.01. The van der Waals surface area contributed by atoms with Crippen LogP contribution in [-0.2, 0) is 33.4 Å². The summed E-state index contributed by atoms with van der Waals surface area (Å²) in [5, 5.41) is 13.3. The minimum absolute atomic E-state index is 0.0488. The van der Waals surface area contributed by atoms with Gasteiger partial charge < -0.3 is 24.6 Å². The maximum absolute atomic E-state index is 13.4. The molecule has 10 heteroatoms. The van der Waals surface area contributed by atoms with E-state index in [1.807, 2.05) is 20.8 Å². The first kappa shape index (κ1) is 31.6. The second-order valence-corrected chi connectivity index (χ2v) is 10.1. The van der Waals surface area contributed by atoms with Crippen LogP contribution >= 0.6 is 11.6 Å². The number of unbranched alkanes of at least 4 members (excludes halogenated alkanes) is 3. The molecule has 1 saturated carbocycles. The molecular formula is C28H40ClNO8. The molecule has 1 aliphatic carbocycles. The van der Waals surface area contributed by atoms with Crippen molar-refractivity contribution in [1.82, 2.24) is 5.32 Å². The quantitative estimate of drug-likeness (QED) is 0.117. The number of benzene rings is 1. The number of carboxylic acids is 1. The summed E-state index contributed by atoms with van der Waals surface area (Å²) < 4.78 is 16.4. The van der Waals surface area contributed by atoms with E-state index in [9.17, 15) is 24.3 Å². The van der Waals surface area contributed by atoms with Gasteiger partial charge in [-0.15, -0.1) is 0 Å². The van der Waals surface area contributed by atoms with Crippen LogP contribution in [0.4, 0.5) is 0 Å². The van der Waals surface area contributed by atoms with Crippen molar-refractivity contribution >= 4 is 35.5 Å². The average Bonchev–Trinajstić information content (AvgIpc) is 3.59. The van der Waals surface area contributed by atoms with E-state index < -0.39 is 40.6 Å². The van der Waals surface area contributed by atoms with Crippen LogP contribution in [0.3, 0.4) is 0 Å². The number of carboxylic acid groups (broad SMARTS) is 1. The van der Waals surface area contributed by atoms with Crippen molar-refractivity contribution < 1.29 is 38.5 Å². The molecule has 0 aromatic heterocycles. The lowest BCUT2D eigenvalue weighted by Gasteiger charge is -2.24. The van der Waals surface area contributed by atoms with Gasteiger partial charge in [0.05, 0.1) is 25.7 Å². The number of nitrogens with one attached hydrogen (secondary N) is 1. The smallest absolute Gasteiger partial charge is 0.324 e. The zero-order valence-electron chi connectivity index (χ0n) is 22.6. The molecule has 0 spiro atoms. The molecule has 1 aromatic carbocycles. The first-order valence-corrected chi connectivity index (χ1v) is 13.8. The Morgan fingerprint density at radius 1 is 0.868 bits per heavy atom. The topological polar surface area (TPSA) is 128 Å². The van der Waals surface area contributed by atoms with Crippen molar-refractivity contribution in [3.8, 4) is 0 Å². The molecule has 1 aliphatic rings. The average molecular weight is 554 g/mol. The van der Waals surface area contributed by atoms with Gasteiger partial charge in [0.2, 0.25) is 0 Å². The second-order valence-electron chi connectivity index (χ2n) is 9.71. The zero-order chi connectivity index (χ0) is 28.2. The predicted octanol–water partition coefficient (Wildman–Crippen LogP) is 4.50. The molecule has 38 heavy (non-hydrogen) atoms. The molecule has 2 atom stereocenters. The van der Waals surface area contributed by atoms with Crippen molar-refractivity contribution in [2.24, 2.45) is 10.8 Å².